The Balaban J connectivity index is 1.46. The van der Waals surface area contributed by atoms with Crippen LogP contribution in [-0.2, 0) is 6.54 Å². The summed E-state index contributed by atoms with van der Waals surface area (Å²) in [5.41, 5.74) is 1.76. The monoisotopic (exact) mass is 353 g/mol. The number of benzene rings is 1. The minimum atomic E-state index is -0.267. The third-order valence-corrected chi connectivity index (χ3v) is 4.62. The van der Waals surface area contributed by atoms with Crippen molar-refractivity contribution in [3.8, 4) is 5.88 Å². The number of hydrogen-bond donors (Lipinski definition) is 0. The molecule has 2 aromatic heterocycles. The number of anilines is 1. The zero-order chi connectivity index (χ0) is 17.9. The van der Waals surface area contributed by atoms with Gasteiger partial charge < -0.3 is 9.64 Å². The second-order valence-corrected chi connectivity index (χ2v) is 6.29. The van der Waals surface area contributed by atoms with E-state index in [-0.39, 0.29) is 5.82 Å². The molecular formula is C19H20FN5O. The minimum absolute atomic E-state index is 0.267. The SMILES string of the molecule is COc1cccc(CN2CCN(c3ncnc4ccc(F)cc34)CC2)n1. The fourth-order valence-corrected chi connectivity index (χ4v) is 3.27. The molecule has 0 unspecified atom stereocenters. The van der Waals surface area contributed by atoms with E-state index in [1.54, 1.807) is 19.5 Å². The van der Waals surface area contributed by atoms with Crippen molar-refractivity contribution in [2.24, 2.45) is 0 Å². The van der Waals surface area contributed by atoms with Crippen LogP contribution in [-0.4, -0.2) is 53.1 Å². The second-order valence-electron chi connectivity index (χ2n) is 6.29. The Kier molecular flexibility index (Phi) is 4.62. The highest BCUT2D eigenvalue weighted by Crippen LogP contribution is 2.25. The Hall–Kier alpha value is -2.80. The number of piperazine rings is 1. The van der Waals surface area contributed by atoms with Gasteiger partial charge in [-0.1, -0.05) is 6.07 Å². The summed E-state index contributed by atoms with van der Waals surface area (Å²) >= 11 is 0. The lowest BCUT2D eigenvalue weighted by Crippen LogP contribution is -2.46. The number of aromatic nitrogens is 3. The number of halogens is 1. The van der Waals surface area contributed by atoms with Crippen LogP contribution in [0.1, 0.15) is 5.69 Å². The van der Waals surface area contributed by atoms with Crippen molar-refractivity contribution in [2.75, 3.05) is 38.2 Å². The summed E-state index contributed by atoms with van der Waals surface area (Å²) in [6.07, 6.45) is 1.54. The molecule has 3 heterocycles. The lowest BCUT2D eigenvalue weighted by Gasteiger charge is -2.35. The normalized spacial score (nSPS) is 15.4. The van der Waals surface area contributed by atoms with E-state index in [2.05, 4.69) is 24.8 Å². The van der Waals surface area contributed by atoms with Crippen LogP contribution in [0.4, 0.5) is 10.2 Å². The number of nitrogens with zero attached hydrogens (tertiary/aromatic N) is 5. The number of methoxy groups -OCH3 is 1. The predicted molar refractivity (Wildman–Crippen MR) is 97.8 cm³/mol. The van der Waals surface area contributed by atoms with Crippen molar-refractivity contribution < 1.29 is 9.13 Å². The molecular weight excluding hydrogens is 333 g/mol. The lowest BCUT2D eigenvalue weighted by atomic mass is 10.2. The van der Waals surface area contributed by atoms with E-state index in [4.69, 9.17) is 4.74 Å². The van der Waals surface area contributed by atoms with Crippen LogP contribution in [0.5, 0.6) is 5.88 Å². The van der Waals surface area contributed by atoms with Crippen molar-refractivity contribution >= 4 is 16.7 Å². The van der Waals surface area contributed by atoms with Gasteiger partial charge in [0.15, 0.2) is 0 Å². The van der Waals surface area contributed by atoms with Crippen LogP contribution in [0.3, 0.4) is 0 Å². The van der Waals surface area contributed by atoms with E-state index in [1.165, 1.54) is 12.1 Å². The van der Waals surface area contributed by atoms with E-state index in [9.17, 15) is 4.39 Å². The first kappa shape index (κ1) is 16.7. The third-order valence-electron chi connectivity index (χ3n) is 4.62. The van der Waals surface area contributed by atoms with Gasteiger partial charge in [0.2, 0.25) is 5.88 Å². The third kappa shape index (κ3) is 3.43. The van der Waals surface area contributed by atoms with Crippen LogP contribution < -0.4 is 9.64 Å². The summed E-state index contributed by atoms with van der Waals surface area (Å²) in [6.45, 7) is 4.21. The maximum atomic E-state index is 13.7. The number of hydrogen-bond acceptors (Lipinski definition) is 6. The van der Waals surface area contributed by atoms with Gasteiger partial charge in [0.1, 0.15) is 18.0 Å². The van der Waals surface area contributed by atoms with E-state index in [0.717, 1.165) is 55.1 Å². The van der Waals surface area contributed by atoms with Crippen LogP contribution in [0, 0.1) is 5.82 Å². The number of ether oxygens (including phenoxy) is 1. The molecule has 0 spiro atoms. The molecule has 7 heteroatoms. The second kappa shape index (κ2) is 7.21. The van der Waals surface area contributed by atoms with Crippen molar-refractivity contribution in [3.63, 3.8) is 0 Å². The number of rotatable bonds is 4. The first-order chi connectivity index (χ1) is 12.7. The largest absolute Gasteiger partial charge is 0.481 e. The van der Waals surface area contributed by atoms with E-state index >= 15 is 0 Å². The van der Waals surface area contributed by atoms with Gasteiger partial charge >= 0.3 is 0 Å². The molecule has 0 saturated carbocycles. The maximum Gasteiger partial charge on any atom is 0.213 e. The molecule has 0 atom stereocenters. The topological polar surface area (TPSA) is 54.4 Å². The van der Waals surface area contributed by atoms with Gasteiger partial charge in [0, 0.05) is 44.2 Å². The first-order valence-electron chi connectivity index (χ1n) is 8.60. The molecule has 0 amide bonds. The molecule has 1 aliphatic rings. The van der Waals surface area contributed by atoms with Gasteiger partial charge in [-0.15, -0.1) is 0 Å². The quantitative estimate of drug-likeness (QED) is 0.718. The molecule has 3 aromatic rings. The summed E-state index contributed by atoms with van der Waals surface area (Å²) < 4.78 is 18.8. The highest BCUT2D eigenvalue weighted by atomic mass is 19.1. The van der Waals surface area contributed by atoms with Crippen molar-refractivity contribution in [2.45, 2.75) is 6.54 Å². The van der Waals surface area contributed by atoms with Crippen LogP contribution in [0.25, 0.3) is 10.9 Å². The van der Waals surface area contributed by atoms with Crippen molar-refractivity contribution in [3.05, 3.63) is 54.2 Å². The van der Waals surface area contributed by atoms with Gasteiger partial charge in [0.05, 0.1) is 18.3 Å². The lowest BCUT2D eigenvalue weighted by molar-refractivity contribution is 0.245. The number of pyridine rings is 1. The average Bonchev–Trinajstić information content (AvgIpc) is 2.68. The fourth-order valence-electron chi connectivity index (χ4n) is 3.27. The van der Waals surface area contributed by atoms with Gasteiger partial charge in [-0.3, -0.25) is 4.90 Å². The van der Waals surface area contributed by atoms with Gasteiger partial charge in [-0.25, -0.2) is 19.3 Å². The Morgan fingerprint density at radius 1 is 1.08 bits per heavy atom. The number of fused-ring (bicyclic) bond motifs is 1. The molecule has 0 radical (unpaired) electrons. The molecule has 6 nitrogen and oxygen atoms in total. The Morgan fingerprint density at radius 3 is 2.73 bits per heavy atom. The van der Waals surface area contributed by atoms with Crippen LogP contribution >= 0.6 is 0 Å². The summed E-state index contributed by atoms with van der Waals surface area (Å²) in [6, 6.07) is 10.4. The molecule has 0 N–H and O–H groups in total. The van der Waals surface area contributed by atoms with Crippen molar-refractivity contribution in [1.82, 2.24) is 19.9 Å². The molecule has 1 fully saturated rings. The molecule has 0 bridgehead atoms. The van der Waals surface area contributed by atoms with E-state index in [1.807, 2.05) is 18.2 Å². The summed E-state index contributed by atoms with van der Waals surface area (Å²) in [4.78, 5) is 17.7. The van der Waals surface area contributed by atoms with Crippen molar-refractivity contribution in [1.29, 1.82) is 0 Å². The molecule has 0 aliphatic carbocycles. The first-order valence-corrected chi connectivity index (χ1v) is 8.60. The Morgan fingerprint density at radius 2 is 1.92 bits per heavy atom. The molecule has 134 valence electrons. The van der Waals surface area contributed by atoms with Crippen LogP contribution in [0.15, 0.2) is 42.7 Å². The predicted octanol–water partition coefficient (Wildman–Crippen LogP) is 2.49. The Labute approximate surface area is 151 Å². The van der Waals surface area contributed by atoms with E-state index in [0.29, 0.717) is 5.88 Å². The van der Waals surface area contributed by atoms with Gasteiger partial charge in [-0.2, -0.15) is 0 Å². The zero-order valence-corrected chi connectivity index (χ0v) is 14.6. The summed E-state index contributed by atoms with van der Waals surface area (Å²) in [7, 11) is 1.62. The Bertz CT molecular complexity index is 911. The van der Waals surface area contributed by atoms with Gasteiger partial charge in [-0.05, 0) is 24.3 Å². The summed E-state index contributed by atoms with van der Waals surface area (Å²) in [5, 5.41) is 0.760. The molecule has 1 aliphatic heterocycles. The standard InChI is InChI=1S/C19H20FN5O/c1-26-18-4-2-3-15(23-18)12-24-7-9-25(10-8-24)19-16-11-14(20)5-6-17(16)21-13-22-19/h2-6,11,13H,7-10,12H2,1H3. The van der Waals surface area contributed by atoms with E-state index < -0.39 is 0 Å². The smallest absolute Gasteiger partial charge is 0.213 e. The molecule has 1 saturated heterocycles. The molecule has 4 rings (SSSR count). The molecule has 1 aromatic carbocycles. The highest BCUT2D eigenvalue weighted by molar-refractivity contribution is 5.89. The highest BCUT2D eigenvalue weighted by Gasteiger charge is 2.20. The maximum absolute atomic E-state index is 13.7. The summed E-state index contributed by atoms with van der Waals surface area (Å²) in [5.74, 6) is 1.17. The van der Waals surface area contributed by atoms with Crippen LogP contribution in [0.2, 0.25) is 0 Å². The molecule has 26 heavy (non-hydrogen) atoms. The minimum Gasteiger partial charge on any atom is -0.481 e. The average molecular weight is 353 g/mol. The van der Waals surface area contributed by atoms with Gasteiger partial charge in [0.25, 0.3) is 0 Å². The zero-order valence-electron chi connectivity index (χ0n) is 14.6. The fraction of sp³-hybridized carbons (Fsp3) is 0.316.